The third-order valence-electron chi connectivity index (χ3n) is 8.07. The number of rotatable bonds is 8. The minimum absolute atomic E-state index is 0. The first-order valence-electron chi connectivity index (χ1n) is 30.0. The minimum atomic E-state index is -0.211. The average molecular weight is 1410 g/mol. The van der Waals surface area contributed by atoms with Crippen molar-refractivity contribution < 1.29 is 62.3 Å². The fourth-order valence-electron chi connectivity index (χ4n) is 2.88. The van der Waals surface area contributed by atoms with E-state index in [1.54, 1.807) is 6.92 Å². The van der Waals surface area contributed by atoms with E-state index in [-0.39, 0.29) is 42.6 Å². The molecule has 26 heteroatoms. The number of hydrogen-bond acceptors (Lipinski definition) is 24. The molecule has 1 saturated heterocycles. The maximum absolute atomic E-state index is 10.7. The Bertz CT molecular complexity index is 1110. The molecule has 2 aromatic carbocycles. The van der Waals surface area contributed by atoms with Crippen LogP contribution in [0.4, 0.5) is 0 Å². The molecule has 96 heavy (non-hydrogen) atoms. The number of carbonyl (C=O) groups excluding carboxylic acids is 13. The van der Waals surface area contributed by atoms with E-state index in [4.69, 9.17) is 58.5 Å². The summed E-state index contributed by atoms with van der Waals surface area (Å²) in [5.74, 6) is 4.39. The number of nitrogens with zero attached hydrogens (tertiary/aromatic N) is 1. The molecule has 1 heterocycles. The number of aryl methyl sites for hydroxylation is 2. The molecule has 0 unspecified atom stereocenters. The summed E-state index contributed by atoms with van der Waals surface area (Å²) in [7, 11) is 9.00. The number of primary amides is 1. The quantitative estimate of drug-likeness (QED) is 0.117. The van der Waals surface area contributed by atoms with Gasteiger partial charge in [0.25, 0.3) is 0 Å². The number of benzene rings is 2. The molecule has 0 aromatic heterocycles. The maximum atomic E-state index is 10.7. The molecule has 3 rings (SSSR count). The molecule has 0 spiro atoms. The first-order valence-corrected chi connectivity index (χ1v) is 30.0. The SMILES string of the molecule is C=O.C=O.C=O.C=O.C=O.C=O.C=O.C=O.C=O.C=O.C=O.CC.CC(=O)N1CCCCC1.CC(C)C.CCC(C)C.CCC(C)C.CCC(C)C.CCC(C)C.CCCC(N)=O.CCc1ccccc1.CCc1ccccc1.CN.CN.CN.CN.CN.CN.N.N.N.N.N. The molecule has 1 aliphatic heterocycles. The van der Waals surface area contributed by atoms with E-state index in [2.05, 4.69) is 201 Å². The second kappa shape index (κ2) is 314. The Balaban J connectivity index is -0.0000000184. The van der Waals surface area contributed by atoms with Gasteiger partial charge in [0, 0.05) is 26.4 Å². The van der Waals surface area contributed by atoms with E-state index < -0.39 is 0 Å². The van der Waals surface area contributed by atoms with Crippen LogP contribution >= 0.6 is 0 Å². The molecule has 0 radical (unpaired) electrons. The average Bonchev–Trinajstić information content (AvgIpc) is 3.65. The first kappa shape index (κ1) is 191. The molecule has 0 saturated carbocycles. The summed E-state index contributed by atoms with van der Waals surface area (Å²) in [6.07, 6.45) is 12.6. The third kappa shape index (κ3) is 493. The van der Waals surface area contributed by atoms with E-state index in [0.29, 0.717) is 6.42 Å². The number of amides is 2. The highest BCUT2D eigenvalue weighted by atomic mass is 16.2. The van der Waals surface area contributed by atoms with Crippen molar-refractivity contribution in [3.05, 3.63) is 71.8 Å². The van der Waals surface area contributed by atoms with Gasteiger partial charge >= 0.3 is 0 Å². The minimum Gasteiger partial charge on any atom is -0.370 e. The zero-order valence-electron chi connectivity index (χ0n) is 68.0. The van der Waals surface area contributed by atoms with Crippen molar-refractivity contribution >= 4 is 86.5 Å². The van der Waals surface area contributed by atoms with Gasteiger partial charge in [-0.25, -0.2) is 0 Å². The van der Waals surface area contributed by atoms with Gasteiger partial charge in [-0.15, -0.1) is 0 Å². The Labute approximate surface area is 595 Å². The standard InChI is InChI=1S/2C8H10.C7H13NO.4C5H12.C4H9NO.C4H10.C2H6.6CH5N.11CH2O.5H3N/c2*1-2-8-6-4-3-5-7-8;1-7(9)8-5-3-2-4-6-8;4*1-4-5(2)3;1-2-3-4(5)6;1-4(2)3;18*1-2;;;;;/h2*3-7H,2H2,1H3;2-6H2,1H3;4*5H,4H2,1-3H3;2-3H2,1H3,(H2,5,6);4H,1-3H3;1-2H3;6*2H2,1H3;11*1H2;5*1H3. The number of hydrogen-bond donors (Lipinski definition) is 12. The van der Waals surface area contributed by atoms with Gasteiger partial charge in [-0.3, -0.25) is 9.59 Å². The van der Waals surface area contributed by atoms with Crippen LogP contribution in [0.25, 0.3) is 0 Å². The summed E-state index contributed by atoms with van der Waals surface area (Å²) in [5.41, 5.74) is 34.6. The van der Waals surface area contributed by atoms with Gasteiger partial charge in [-0.1, -0.05) is 225 Å². The zero-order valence-corrected chi connectivity index (χ0v) is 68.0. The molecule has 0 aliphatic carbocycles. The fourth-order valence-corrected chi connectivity index (χ4v) is 2.88. The summed E-state index contributed by atoms with van der Waals surface area (Å²) in [4.78, 5) is 110. The van der Waals surface area contributed by atoms with E-state index in [1.165, 1.54) is 98.4 Å². The molecule has 0 bridgehead atoms. The van der Waals surface area contributed by atoms with Crippen LogP contribution < -0.4 is 70.9 Å². The molecule has 0 atom stereocenters. The predicted molar refractivity (Wildman–Crippen MR) is 428 cm³/mol. The van der Waals surface area contributed by atoms with Crippen molar-refractivity contribution in [2.75, 3.05) is 55.4 Å². The van der Waals surface area contributed by atoms with Crippen molar-refractivity contribution in [2.24, 2.45) is 69.7 Å². The van der Waals surface area contributed by atoms with E-state index in [1.807, 2.05) is 112 Å². The number of carbonyl (C=O) groups is 13. The Kier molecular flexibility index (Phi) is 626. The second-order valence-corrected chi connectivity index (χ2v) is 16.4. The molecule has 2 aromatic rings. The first-order chi connectivity index (χ1) is 43.8. The smallest absolute Gasteiger partial charge is 0.219 e. The molecular weight excluding hydrogens is 1230 g/mol. The topological polar surface area (TPSA) is 582 Å². The summed E-state index contributed by atoms with van der Waals surface area (Å²) in [5, 5.41) is 0. The number of nitrogens with two attached hydrogens (primary N) is 7. The Morgan fingerprint density at radius 2 is 0.500 bits per heavy atom. The van der Waals surface area contributed by atoms with Crippen LogP contribution in [-0.2, 0) is 75.2 Å². The Morgan fingerprint density at radius 3 is 0.562 bits per heavy atom. The number of piperidine rings is 1. The lowest BCUT2D eigenvalue weighted by Gasteiger charge is -2.24. The zero-order chi connectivity index (χ0) is 80.0. The largest absolute Gasteiger partial charge is 0.370 e. The van der Waals surface area contributed by atoms with Gasteiger partial charge in [0.2, 0.25) is 11.8 Å². The van der Waals surface area contributed by atoms with Crippen LogP contribution in [0.15, 0.2) is 60.7 Å². The van der Waals surface area contributed by atoms with Crippen molar-refractivity contribution in [3.8, 4) is 0 Å². The van der Waals surface area contributed by atoms with Gasteiger partial charge in [-0.05, 0) is 122 Å². The monoisotopic (exact) mass is 1400 g/mol. The van der Waals surface area contributed by atoms with E-state index in [0.717, 1.165) is 61.9 Å². The van der Waals surface area contributed by atoms with Crippen LogP contribution in [0.2, 0.25) is 0 Å². The molecule has 596 valence electrons. The van der Waals surface area contributed by atoms with E-state index in [9.17, 15) is 9.59 Å². The maximum Gasteiger partial charge on any atom is 0.219 e. The third-order valence-corrected chi connectivity index (χ3v) is 8.07. The van der Waals surface area contributed by atoms with Gasteiger partial charge in [0.05, 0.1) is 0 Å². The summed E-state index contributed by atoms with van der Waals surface area (Å²) < 4.78 is 0. The summed E-state index contributed by atoms with van der Waals surface area (Å²) in [6.45, 7) is 68.9. The Hall–Kier alpha value is -6.69. The summed E-state index contributed by atoms with van der Waals surface area (Å²) in [6, 6.07) is 20.9. The van der Waals surface area contributed by atoms with Crippen LogP contribution in [0.1, 0.15) is 214 Å². The molecule has 1 aliphatic rings. The van der Waals surface area contributed by atoms with Crippen molar-refractivity contribution in [3.63, 3.8) is 0 Å². The lowest BCUT2D eigenvalue weighted by atomic mass is 10.1. The second-order valence-electron chi connectivity index (χ2n) is 16.4. The van der Waals surface area contributed by atoms with Crippen molar-refractivity contribution in [1.29, 1.82) is 0 Å². The van der Waals surface area contributed by atoms with Crippen LogP contribution in [0.5, 0.6) is 0 Å². The van der Waals surface area contributed by atoms with Gasteiger partial charge in [-0.2, -0.15) is 0 Å². The predicted octanol–water partition coefficient (Wildman–Crippen LogP) is 12.9. The van der Waals surface area contributed by atoms with Crippen molar-refractivity contribution in [1.82, 2.24) is 35.7 Å². The highest BCUT2D eigenvalue weighted by molar-refractivity contribution is 5.73. The van der Waals surface area contributed by atoms with E-state index >= 15 is 0 Å². The molecule has 2 amide bonds. The summed E-state index contributed by atoms with van der Waals surface area (Å²) >= 11 is 0. The lowest BCUT2D eigenvalue weighted by Crippen LogP contribution is -2.33. The Morgan fingerprint density at radius 1 is 0.354 bits per heavy atom. The van der Waals surface area contributed by atoms with Gasteiger partial charge < -0.3 is 129 Å². The molecule has 29 N–H and O–H groups in total. The number of likely N-dealkylation sites (tertiary alicyclic amines) is 1. The van der Waals surface area contributed by atoms with Gasteiger partial charge in [0.1, 0.15) is 74.7 Å². The molecular formula is C70H173N13O13. The molecule has 26 nitrogen and oxygen atoms in total. The van der Waals surface area contributed by atoms with Crippen molar-refractivity contribution in [2.45, 2.75) is 216 Å². The molecule has 1 fully saturated rings. The fraction of sp³-hybridized carbons (Fsp3) is 0.643. The van der Waals surface area contributed by atoms with Crippen LogP contribution in [-0.4, -0.2) is 147 Å². The highest BCUT2D eigenvalue weighted by Gasteiger charge is 2.11. The van der Waals surface area contributed by atoms with Gasteiger partial charge in [0.15, 0.2) is 0 Å². The van der Waals surface area contributed by atoms with Crippen LogP contribution in [0, 0.1) is 29.6 Å². The highest BCUT2D eigenvalue weighted by Crippen LogP contribution is 2.07. The normalized spacial score (nSPS) is 7.17. The van der Waals surface area contributed by atoms with Crippen LogP contribution in [0.3, 0.4) is 0 Å². The lowest BCUT2D eigenvalue weighted by molar-refractivity contribution is -0.129.